The molecule has 35 heavy (non-hydrogen) atoms. The average molecular weight is 480 g/mol. The van der Waals surface area contributed by atoms with E-state index in [1.54, 1.807) is 10.9 Å². The van der Waals surface area contributed by atoms with Gasteiger partial charge in [-0.05, 0) is 50.2 Å². The van der Waals surface area contributed by atoms with Crippen LogP contribution in [0.1, 0.15) is 83.1 Å². The van der Waals surface area contributed by atoms with E-state index in [9.17, 15) is 14.7 Å². The van der Waals surface area contributed by atoms with Gasteiger partial charge >= 0.3 is 0 Å². The molecule has 1 aromatic heterocycles. The van der Waals surface area contributed by atoms with Crippen LogP contribution in [0.4, 0.5) is 0 Å². The van der Waals surface area contributed by atoms with Crippen LogP contribution in [-0.4, -0.2) is 44.2 Å². The van der Waals surface area contributed by atoms with E-state index in [0.717, 1.165) is 43.2 Å². The lowest BCUT2D eigenvalue weighted by Gasteiger charge is -2.52. The van der Waals surface area contributed by atoms with Crippen molar-refractivity contribution in [1.82, 2.24) is 14.5 Å². The Morgan fingerprint density at radius 1 is 1.14 bits per heavy atom. The van der Waals surface area contributed by atoms with Crippen LogP contribution in [0.2, 0.25) is 0 Å². The third-order valence-corrected chi connectivity index (χ3v) is 9.47. The number of aliphatic hydroxyl groups is 1. The Morgan fingerprint density at radius 2 is 1.89 bits per heavy atom. The van der Waals surface area contributed by atoms with Gasteiger partial charge in [0.2, 0.25) is 5.91 Å². The fraction of sp³-hybridized carbons (Fsp3) is 0.690. The van der Waals surface area contributed by atoms with Gasteiger partial charge in [-0.3, -0.25) is 14.2 Å². The van der Waals surface area contributed by atoms with E-state index in [0.29, 0.717) is 30.8 Å². The van der Waals surface area contributed by atoms with E-state index in [2.05, 4.69) is 11.9 Å². The molecule has 1 spiro atoms. The predicted molar refractivity (Wildman–Crippen MR) is 138 cm³/mol. The topological polar surface area (TPSA) is 75.4 Å². The van der Waals surface area contributed by atoms with E-state index in [-0.39, 0.29) is 29.3 Å². The molecule has 3 fully saturated rings. The Kier molecular flexibility index (Phi) is 6.77. The van der Waals surface area contributed by atoms with Gasteiger partial charge in [-0.15, -0.1) is 0 Å². The number of carbonyl (C=O) groups is 1. The number of likely N-dealkylation sites (tertiary alicyclic amines) is 1. The van der Waals surface area contributed by atoms with Gasteiger partial charge in [0.05, 0.1) is 29.4 Å². The molecule has 3 aliphatic rings. The summed E-state index contributed by atoms with van der Waals surface area (Å²) < 4.78 is 1.60. The van der Waals surface area contributed by atoms with Gasteiger partial charge in [0.25, 0.3) is 5.56 Å². The standard InChI is InChI=1S/C29H41N3O3/c1-21-9-8-12-24-25(21)30-20-32(27(24)34)19-29(35)15-16-31(18-28(29)13-6-7-14-28)26(33)22(2)17-23-10-4-3-5-11-23/h8-9,12,20,22-23,35H,3-7,10-11,13-19H2,1-2H3. The molecule has 2 unspecified atom stereocenters. The lowest BCUT2D eigenvalue weighted by molar-refractivity contribution is -0.163. The maximum absolute atomic E-state index is 13.5. The summed E-state index contributed by atoms with van der Waals surface area (Å²) in [5.74, 6) is 0.975. The first kappa shape index (κ1) is 24.5. The van der Waals surface area contributed by atoms with Gasteiger partial charge in [0.15, 0.2) is 0 Å². The van der Waals surface area contributed by atoms with Gasteiger partial charge in [0.1, 0.15) is 0 Å². The lowest BCUT2D eigenvalue weighted by atomic mass is 9.65. The zero-order chi connectivity index (χ0) is 24.6. The molecule has 2 saturated carbocycles. The SMILES string of the molecule is Cc1cccc2c(=O)n(CC3(O)CCN(C(=O)C(C)CC4CCCCC4)CC34CCCC4)cnc12. The van der Waals surface area contributed by atoms with Gasteiger partial charge < -0.3 is 10.0 Å². The highest BCUT2D eigenvalue weighted by molar-refractivity contribution is 5.80. The number of fused-ring (bicyclic) bond motifs is 1. The Hall–Kier alpha value is -2.21. The Balaban J connectivity index is 1.35. The molecular weight excluding hydrogens is 438 g/mol. The fourth-order valence-corrected chi connectivity index (χ4v) is 7.35. The number of hydrogen-bond donors (Lipinski definition) is 1. The number of nitrogens with zero attached hydrogens (tertiary/aromatic N) is 3. The predicted octanol–water partition coefficient (Wildman–Crippen LogP) is 4.84. The van der Waals surface area contributed by atoms with Crippen LogP contribution >= 0.6 is 0 Å². The zero-order valence-corrected chi connectivity index (χ0v) is 21.5. The van der Waals surface area contributed by atoms with Crippen molar-refractivity contribution < 1.29 is 9.90 Å². The van der Waals surface area contributed by atoms with Crippen molar-refractivity contribution in [2.75, 3.05) is 13.1 Å². The maximum Gasteiger partial charge on any atom is 0.261 e. The van der Waals surface area contributed by atoms with E-state index in [1.807, 2.05) is 30.0 Å². The van der Waals surface area contributed by atoms with Gasteiger partial charge in [-0.25, -0.2) is 4.98 Å². The molecule has 2 heterocycles. The van der Waals surface area contributed by atoms with Crippen molar-refractivity contribution in [3.05, 3.63) is 40.4 Å². The lowest BCUT2D eigenvalue weighted by Crippen LogP contribution is -2.62. The third kappa shape index (κ3) is 4.54. The zero-order valence-electron chi connectivity index (χ0n) is 21.5. The molecule has 0 bridgehead atoms. The van der Waals surface area contributed by atoms with E-state index in [4.69, 9.17) is 0 Å². The average Bonchev–Trinajstić information content (AvgIpc) is 3.33. The van der Waals surface area contributed by atoms with Crippen molar-refractivity contribution in [3.63, 3.8) is 0 Å². The Labute approximate surface area is 208 Å². The number of carbonyl (C=O) groups excluding carboxylic acids is 1. The highest BCUT2D eigenvalue weighted by Gasteiger charge is 2.55. The second-order valence-electron chi connectivity index (χ2n) is 11.8. The largest absolute Gasteiger partial charge is 0.387 e. The van der Waals surface area contributed by atoms with Crippen molar-refractivity contribution in [2.24, 2.45) is 17.3 Å². The first-order chi connectivity index (χ1) is 16.8. The van der Waals surface area contributed by atoms with E-state index < -0.39 is 5.60 Å². The van der Waals surface area contributed by atoms with E-state index >= 15 is 0 Å². The molecule has 2 aliphatic carbocycles. The Morgan fingerprint density at radius 3 is 2.63 bits per heavy atom. The number of piperidine rings is 1. The summed E-state index contributed by atoms with van der Waals surface area (Å²) in [6.07, 6.45) is 13.5. The maximum atomic E-state index is 13.5. The highest BCUT2D eigenvalue weighted by Crippen LogP contribution is 2.51. The van der Waals surface area contributed by atoms with Crippen LogP contribution in [0.5, 0.6) is 0 Å². The summed E-state index contributed by atoms with van der Waals surface area (Å²) in [5, 5.41) is 12.7. The Bertz CT molecular complexity index is 1130. The summed E-state index contributed by atoms with van der Waals surface area (Å²) in [6.45, 7) is 5.46. The molecule has 0 radical (unpaired) electrons. The molecule has 1 aromatic carbocycles. The molecule has 1 amide bonds. The summed E-state index contributed by atoms with van der Waals surface area (Å²) in [4.78, 5) is 33.4. The number of rotatable bonds is 5. The summed E-state index contributed by atoms with van der Waals surface area (Å²) in [7, 11) is 0. The molecule has 6 nitrogen and oxygen atoms in total. The molecule has 1 N–H and O–H groups in total. The second kappa shape index (κ2) is 9.68. The number of hydrogen-bond acceptors (Lipinski definition) is 4. The monoisotopic (exact) mass is 479 g/mol. The minimum absolute atomic E-state index is 0.0401. The normalized spacial score (nSPS) is 25.9. The number of aryl methyl sites for hydroxylation is 1. The van der Waals surface area contributed by atoms with Crippen LogP contribution in [0.3, 0.4) is 0 Å². The number of amides is 1. The van der Waals surface area contributed by atoms with Crippen LogP contribution < -0.4 is 5.56 Å². The first-order valence-corrected chi connectivity index (χ1v) is 13.8. The van der Waals surface area contributed by atoms with Gasteiger partial charge in [-0.1, -0.05) is 64.0 Å². The van der Waals surface area contributed by atoms with Crippen molar-refractivity contribution >= 4 is 16.8 Å². The smallest absolute Gasteiger partial charge is 0.261 e. The number of aromatic nitrogens is 2. The number of para-hydroxylation sites is 1. The van der Waals surface area contributed by atoms with Crippen LogP contribution in [0, 0.1) is 24.2 Å². The number of benzene rings is 1. The third-order valence-electron chi connectivity index (χ3n) is 9.47. The van der Waals surface area contributed by atoms with Gasteiger partial charge in [0, 0.05) is 24.4 Å². The van der Waals surface area contributed by atoms with Crippen LogP contribution in [0.25, 0.3) is 10.9 Å². The summed E-state index contributed by atoms with van der Waals surface area (Å²) >= 11 is 0. The van der Waals surface area contributed by atoms with Crippen molar-refractivity contribution in [1.29, 1.82) is 0 Å². The van der Waals surface area contributed by atoms with Crippen molar-refractivity contribution in [2.45, 2.75) is 96.6 Å². The molecule has 1 aliphatic heterocycles. The minimum atomic E-state index is -1.02. The van der Waals surface area contributed by atoms with Crippen LogP contribution in [-0.2, 0) is 11.3 Å². The summed E-state index contributed by atoms with van der Waals surface area (Å²) in [5.41, 5.74) is 0.234. The minimum Gasteiger partial charge on any atom is -0.387 e. The van der Waals surface area contributed by atoms with Gasteiger partial charge in [-0.2, -0.15) is 0 Å². The molecule has 5 rings (SSSR count). The first-order valence-electron chi connectivity index (χ1n) is 13.8. The summed E-state index contributed by atoms with van der Waals surface area (Å²) in [6, 6.07) is 5.66. The quantitative estimate of drug-likeness (QED) is 0.666. The second-order valence-corrected chi connectivity index (χ2v) is 11.8. The molecular formula is C29H41N3O3. The molecule has 2 atom stereocenters. The highest BCUT2D eigenvalue weighted by atomic mass is 16.3. The fourth-order valence-electron chi connectivity index (χ4n) is 7.35. The molecule has 190 valence electrons. The molecule has 1 saturated heterocycles. The van der Waals surface area contributed by atoms with Crippen LogP contribution in [0.15, 0.2) is 29.3 Å². The van der Waals surface area contributed by atoms with Crippen molar-refractivity contribution in [3.8, 4) is 0 Å². The molecule has 6 heteroatoms. The molecule has 2 aromatic rings. The van der Waals surface area contributed by atoms with E-state index in [1.165, 1.54) is 32.1 Å².